The van der Waals surface area contributed by atoms with Gasteiger partial charge in [0.25, 0.3) is 0 Å². The molecular formula is C15H17BrClN3. The normalized spacial score (nSPS) is 11.2. The van der Waals surface area contributed by atoms with Crippen molar-refractivity contribution in [1.29, 1.82) is 0 Å². The highest BCUT2D eigenvalue weighted by molar-refractivity contribution is 9.10. The molecule has 0 aromatic carbocycles. The first-order chi connectivity index (χ1) is 9.38. The zero-order valence-corrected chi connectivity index (χ0v) is 14.4. The van der Waals surface area contributed by atoms with Crippen molar-refractivity contribution in [2.45, 2.75) is 34.1 Å². The van der Waals surface area contributed by atoms with Gasteiger partial charge in [-0.2, -0.15) is 0 Å². The number of rotatable bonds is 3. The third-order valence-electron chi connectivity index (χ3n) is 2.91. The molecule has 0 bridgehead atoms. The van der Waals surface area contributed by atoms with Gasteiger partial charge in [-0.1, -0.05) is 31.5 Å². The summed E-state index contributed by atoms with van der Waals surface area (Å²) in [6, 6.07) is 2.07. The molecule has 0 N–H and O–H groups in total. The molecule has 2 heterocycles. The molecule has 3 nitrogen and oxygen atoms in total. The minimum absolute atomic E-state index is 0.437. The fraction of sp³-hybridized carbons (Fsp3) is 0.400. The molecule has 0 radical (unpaired) electrons. The van der Waals surface area contributed by atoms with E-state index < -0.39 is 0 Å². The standard InChI is InChI=1S/C15H17BrClN3/c1-8(2)5-11-12(16)14(17)20-15(19-11)13-10(4)6-9(3)7-18-13/h6-8H,5H2,1-4H3. The Bertz CT molecular complexity index is 641. The maximum atomic E-state index is 6.21. The van der Waals surface area contributed by atoms with Gasteiger partial charge >= 0.3 is 0 Å². The molecule has 2 aromatic rings. The second-order valence-corrected chi connectivity index (χ2v) is 6.53. The van der Waals surface area contributed by atoms with Gasteiger partial charge in [0.1, 0.15) is 10.8 Å². The van der Waals surface area contributed by atoms with Crippen LogP contribution >= 0.6 is 27.5 Å². The lowest BCUT2D eigenvalue weighted by atomic mass is 10.1. The predicted molar refractivity (Wildman–Crippen MR) is 86.0 cm³/mol. The third-order valence-corrected chi connectivity index (χ3v) is 4.24. The van der Waals surface area contributed by atoms with Gasteiger partial charge in [0.05, 0.1) is 10.2 Å². The summed E-state index contributed by atoms with van der Waals surface area (Å²) < 4.78 is 0.779. The molecule has 0 saturated carbocycles. The quantitative estimate of drug-likeness (QED) is 0.745. The fourth-order valence-electron chi connectivity index (χ4n) is 2.04. The van der Waals surface area contributed by atoms with Crippen LogP contribution in [0.15, 0.2) is 16.7 Å². The summed E-state index contributed by atoms with van der Waals surface area (Å²) >= 11 is 9.68. The van der Waals surface area contributed by atoms with Crippen LogP contribution in [0.1, 0.15) is 30.7 Å². The van der Waals surface area contributed by atoms with Crippen LogP contribution in [-0.4, -0.2) is 15.0 Å². The van der Waals surface area contributed by atoms with Crippen LogP contribution in [-0.2, 0) is 6.42 Å². The van der Waals surface area contributed by atoms with Crippen molar-refractivity contribution in [3.05, 3.63) is 38.7 Å². The third kappa shape index (κ3) is 3.36. The van der Waals surface area contributed by atoms with Gasteiger partial charge in [-0.05, 0) is 53.2 Å². The molecule has 2 rings (SSSR count). The summed E-state index contributed by atoms with van der Waals surface area (Å²) in [5, 5.41) is 0.437. The van der Waals surface area contributed by atoms with Crippen LogP contribution in [0.5, 0.6) is 0 Å². The number of aryl methyl sites for hydroxylation is 2. The van der Waals surface area contributed by atoms with Crippen LogP contribution < -0.4 is 0 Å². The van der Waals surface area contributed by atoms with E-state index >= 15 is 0 Å². The number of nitrogens with zero attached hydrogens (tertiary/aromatic N) is 3. The second kappa shape index (κ2) is 6.19. The highest BCUT2D eigenvalue weighted by atomic mass is 79.9. The summed E-state index contributed by atoms with van der Waals surface area (Å²) in [7, 11) is 0. The van der Waals surface area contributed by atoms with E-state index in [9.17, 15) is 0 Å². The van der Waals surface area contributed by atoms with Gasteiger partial charge < -0.3 is 0 Å². The Kier molecular flexibility index (Phi) is 4.76. The molecule has 0 aliphatic heterocycles. The van der Waals surface area contributed by atoms with E-state index in [1.165, 1.54) is 0 Å². The van der Waals surface area contributed by atoms with Crippen LogP contribution in [0.3, 0.4) is 0 Å². The Labute approximate surface area is 133 Å². The fourth-order valence-corrected chi connectivity index (χ4v) is 2.57. The maximum Gasteiger partial charge on any atom is 0.180 e. The van der Waals surface area contributed by atoms with Gasteiger partial charge in [0, 0.05) is 6.20 Å². The average Bonchev–Trinajstić information content (AvgIpc) is 2.34. The smallest absolute Gasteiger partial charge is 0.180 e. The largest absolute Gasteiger partial charge is 0.252 e. The Hall–Kier alpha value is -1.00. The first kappa shape index (κ1) is 15.4. The van der Waals surface area contributed by atoms with Gasteiger partial charge in [-0.25, -0.2) is 9.97 Å². The molecule has 0 amide bonds. The zero-order valence-electron chi connectivity index (χ0n) is 12.0. The van der Waals surface area contributed by atoms with Gasteiger partial charge in [0.2, 0.25) is 0 Å². The van der Waals surface area contributed by atoms with Crippen molar-refractivity contribution in [3.63, 3.8) is 0 Å². The van der Waals surface area contributed by atoms with Crippen LogP contribution in [0.25, 0.3) is 11.5 Å². The summed E-state index contributed by atoms with van der Waals surface area (Å²) in [4.78, 5) is 13.4. The number of pyridine rings is 1. The molecule has 106 valence electrons. The maximum absolute atomic E-state index is 6.21. The lowest BCUT2D eigenvalue weighted by Crippen LogP contribution is -2.04. The van der Waals surface area contributed by atoms with Crippen LogP contribution in [0.4, 0.5) is 0 Å². The molecule has 0 spiro atoms. The molecule has 2 aromatic heterocycles. The van der Waals surface area contributed by atoms with Crippen LogP contribution in [0, 0.1) is 19.8 Å². The molecule has 5 heteroatoms. The van der Waals surface area contributed by atoms with E-state index in [1.807, 2.05) is 20.0 Å². The summed E-state index contributed by atoms with van der Waals surface area (Å²) in [5.74, 6) is 1.09. The van der Waals surface area contributed by atoms with E-state index in [0.29, 0.717) is 16.9 Å². The lowest BCUT2D eigenvalue weighted by Gasteiger charge is -2.11. The van der Waals surface area contributed by atoms with Crippen molar-refractivity contribution >= 4 is 27.5 Å². The average molecular weight is 355 g/mol. The van der Waals surface area contributed by atoms with Crippen LogP contribution in [0.2, 0.25) is 5.15 Å². The molecule has 0 aliphatic rings. The monoisotopic (exact) mass is 353 g/mol. The minimum Gasteiger partial charge on any atom is -0.252 e. The number of hydrogen-bond donors (Lipinski definition) is 0. The van der Waals surface area contributed by atoms with E-state index in [4.69, 9.17) is 11.6 Å². The SMILES string of the molecule is Cc1cnc(-c2nc(Cl)c(Br)c(CC(C)C)n2)c(C)c1. The zero-order chi connectivity index (χ0) is 14.9. The Balaban J connectivity index is 2.54. The highest BCUT2D eigenvalue weighted by Gasteiger charge is 2.15. The number of halogens is 2. The van der Waals surface area contributed by atoms with Crippen molar-refractivity contribution in [3.8, 4) is 11.5 Å². The molecule has 0 unspecified atom stereocenters. The topological polar surface area (TPSA) is 38.7 Å². The predicted octanol–water partition coefficient (Wildman–Crippen LogP) is 4.77. The summed E-state index contributed by atoms with van der Waals surface area (Å²) in [6.07, 6.45) is 2.67. The minimum atomic E-state index is 0.437. The molecular weight excluding hydrogens is 338 g/mol. The van der Waals surface area contributed by atoms with Crippen molar-refractivity contribution in [1.82, 2.24) is 15.0 Å². The second-order valence-electron chi connectivity index (χ2n) is 5.37. The molecule has 0 atom stereocenters. The molecule has 20 heavy (non-hydrogen) atoms. The van der Waals surface area contributed by atoms with Gasteiger partial charge in [-0.3, -0.25) is 4.98 Å². The van der Waals surface area contributed by atoms with E-state index in [0.717, 1.165) is 33.4 Å². The first-order valence-corrected chi connectivity index (χ1v) is 7.71. The molecule has 0 fully saturated rings. The van der Waals surface area contributed by atoms with Gasteiger partial charge in [0.15, 0.2) is 5.82 Å². The van der Waals surface area contributed by atoms with Gasteiger partial charge in [-0.15, -0.1) is 0 Å². The summed E-state index contributed by atoms with van der Waals surface area (Å²) in [6.45, 7) is 8.33. The van der Waals surface area contributed by atoms with E-state index in [1.54, 1.807) is 0 Å². The Morgan fingerprint density at radius 2 is 1.95 bits per heavy atom. The highest BCUT2D eigenvalue weighted by Crippen LogP contribution is 2.29. The Morgan fingerprint density at radius 1 is 1.25 bits per heavy atom. The van der Waals surface area contributed by atoms with Crippen molar-refractivity contribution in [2.24, 2.45) is 5.92 Å². The first-order valence-electron chi connectivity index (χ1n) is 6.54. The van der Waals surface area contributed by atoms with Crippen molar-refractivity contribution < 1.29 is 0 Å². The molecule has 0 aliphatic carbocycles. The van der Waals surface area contributed by atoms with E-state index in [2.05, 4.69) is 50.8 Å². The Morgan fingerprint density at radius 3 is 2.55 bits per heavy atom. The number of hydrogen-bond acceptors (Lipinski definition) is 3. The molecule has 0 saturated heterocycles. The summed E-state index contributed by atoms with van der Waals surface area (Å²) in [5.41, 5.74) is 3.89. The van der Waals surface area contributed by atoms with Crippen molar-refractivity contribution in [2.75, 3.05) is 0 Å². The number of aromatic nitrogens is 3. The van der Waals surface area contributed by atoms with E-state index in [-0.39, 0.29) is 0 Å². The lowest BCUT2D eigenvalue weighted by molar-refractivity contribution is 0.632.